The van der Waals surface area contributed by atoms with Gasteiger partial charge in [-0.05, 0) is 26.3 Å². The average Bonchev–Trinajstić information content (AvgIpc) is 2.58. The molecule has 1 saturated heterocycles. The molecule has 1 fully saturated rings. The van der Waals surface area contributed by atoms with E-state index < -0.39 is 0 Å². The van der Waals surface area contributed by atoms with Crippen LogP contribution in [0.3, 0.4) is 0 Å². The molecule has 2 atom stereocenters. The zero-order valence-corrected chi connectivity index (χ0v) is 9.67. The molecular weight excluding hydrogens is 200 g/mol. The Labute approximate surface area is 90.9 Å². The minimum absolute atomic E-state index is 0. The van der Waals surface area contributed by atoms with E-state index in [1.165, 1.54) is 6.42 Å². The molecule has 2 heterocycles. The third kappa shape index (κ3) is 2.10. The molecule has 4 heteroatoms. The second kappa shape index (κ2) is 4.32. The van der Waals surface area contributed by atoms with Crippen molar-refractivity contribution < 1.29 is 4.52 Å². The van der Waals surface area contributed by atoms with Crippen molar-refractivity contribution in [2.45, 2.75) is 26.3 Å². The number of halogens is 1. The van der Waals surface area contributed by atoms with Gasteiger partial charge in [0.2, 0.25) is 0 Å². The van der Waals surface area contributed by atoms with Gasteiger partial charge in [-0.2, -0.15) is 0 Å². The number of hydrogen-bond acceptors (Lipinski definition) is 3. The third-order valence-electron chi connectivity index (χ3n) is 2.73. The van der Waals surface area contributed by atoms with Gasteiger partial charge in [0.25, 0.3) is 0 Å². The lowest BCUT2D eigenvalue weighted by molar-refractivity contribution is 0.251. The molecule has 0 aliphatic carbocycles. The molecule has 0 radical (unpaired) electrons. The van der Waals surface area contributed by atoms with Crippen LogP contribution in [0.1, 0.15) is 30.8 Å². The molecule has 2 rings (SSSR count). The van der Waals surface area contributed by atoms with Crippen LogP contribution in [0, 0.1) is 12.8 Å². The van der Waals surface area contributed by atoms with Gasteiger partial charge in [-0.1, -0.05) is 12.1 Å². The number of hydrogen-bond donors (Lipinski definition) is 0. The highest BCUT2D eigenvalue weighted by atomic mass is 35.5. The van der Waals surface area contributed by atoms with E-state index in [0.29, 0.717) is 6.04 Å². The summed E-state index contributed by atoms with van der Waals surface area (Å²) in [6.07, 6.45) is 1.19. The number of aromatic nitrogens is 1. The molecule has 0 spiro atoms. The molecule has 1 aliphatic heterocycles. The van der Waals surface area contributed by atoms with Crippen LogP contribution >= 0.6 is 12.4 Å². The lowest BCUT2D eigenvalue weighted by Crippen LogP contribution is -2.17. The van der Waals surface area contributed by atoms with E-state index >= 15 is 0 Å². The normalized spacial score (nSPS) is 27.6. The van der Waals surface area contributed by atoms with Crippen LogP contribution in [0.2, 0.25) is 0 Å². The fraction of sp³-hybridized carbons (Fsp3) is 0.700. The Morgan fingerprint density at radius 3 is 2.71 bits per heavy atom. The molecule has 0 saturated carbocycles. The van der Waals surface area contributed by atoms with Crippen molar-refractivity contribution in [3.8, 4) is 0 Å². The van der Waals surface area contributed by atoms with Crippen LogP contribution in [0.25, 0.3) is 0 Å². The Morgan fingerprint density at radius 2 is 2.29 bits per heavy atom. The summed E-state index contributed by atoms with van der Waals surface area (Å²) >= 11 is 0. The monoisotopic (exact) mass is 216 g/mol. The summed E-state index contributed by atoms with van der Waals surface area (Å²) < 4.78 is 5.28. The summed E-state index contributed by atoms with van der Waals surface area (Å²) in [5, 5.41) is 3.92. The first-order valence-electron chi connectivity index (χ1n) is 4.80. The highest BCUT2D eigenvalue weighted by molar-refractivity contribution is 5.85. The summed E-state index contributed by atoms with van der Waals surface area (Å²) in [6.45, 7) is 5.40. The highest BCUT2D eigenvalue weighted by Gasteiger charge is 2.30. The predicted molar refractivity (Wildman–Crippen MR) is 57.6 cm³/mol. The maximum Gasteiger partial charge on any atom is 0.154 e. The van der Waals surface area contributed by atoms with Gasteiger partial charge in [0.1, 0.15) is 0 Å². The van der Waals surface area contributed by atoms with Crippen LogP contribution in [0.4, 0.5) is 0 Å². The maximum atomic E-state index is 5.28. The Kier molecular flexibility index (Phi) is 3.56. The first-order valence-corrected chi connectivity index (χ1v) is 4.80. The zero-order valence-electron chi connectivity index (χ0n) is 8.86. The first kappa shape index (κ1) is 11.5. The maximum absolute atomic E-state index is 5.28. The Hall–Kier alpha value is -0.540. The Morgan fingerprint density at radius 1 is 1.57 bits per heavy atom. The Bertz CT molecular complexity index is 300. The van der Waals surface area contributed by atoms with E-state index in [9.17, 15) is 0 Å². The molecule has 2 unspecified atom stereocenters. The second-order valence-corrected chi connectivity index (χ2v) is 4.17. The Balaban J connectivity index is 0.000000980. The summed E-state index contributed by atoms with van der Waals surface area (Å²) in [4.78, 5) is 2.34. The van der Waals surface area contributed by atoms with Crippen LogP contribution in [0.5, 0.6) is 0 Å². The van der Waals surface area contributed by atoms with Gasteiger partial charge >= 0.3 is 0 Å². The highest BCUT2D eigenvalue weighted by Crippen LogP contribution is 2.33. The van der Waals surface area contributed by atoms with E-state index in [0.717, 1.165) is 23.9 Å². The van der Waals surface area contributed by atoms with Gasteiger partial charge in [-0.3, -0.25) is 4.90 Å². The molecule has 14 heavy (non-hydrogen) atoms. The van der Waals surface area contributed by atoms with Crippen molar-refractivity contribution in [1.82, 2.24) is 10.1 Å². The fourth-order valence-corrected chi connectivity index (χ4v) is 2.13. The zero-order chi connectivity index (χ0) is 9.42. The lowest BCUT2D eigenvalue weighted by atomic mass is 10.1. The van der Waals surface area contributed by atoms with Crippen molar-refractivity contribution in [1.29, 1.82) is 0 Å². The molecule has 1 aromatic heterocycles. The fourth-order valence-electron chi connectivity index (χ4n) is 2.13. The molecule has 0 amide bonds. The molecule has 0 bridgehead atoms. The smallest absolute Gasteiger partial charge is 0.154 e. The van der Waals surface area contributed by atoms with E-state index in [4.69, 9.17) is 4.52 Å². The number of likely N-dealkylation sites (tertiary alicyclic amines) is 1. The first-order chi connectivity index (χ1) is 6.16. The summed E-state index contributed by atoms with van der Waals surface area (Å²) in [5.74, 6) is 1.78. The van der Waals surface area contributed by atoms with Crippen LogP contribution < -0.4 is 0 Å². The van der Waals surface area contributed by atoms with Crippen molar-refractivity contribution >= 4 is 12.4 Å². The molecule has 0 aromatic carbocycles. The molecule has 3 nitrogen and oxygen atoms in total. The van der Waals surface area contributed by atoms with Crippen LogP contribution in [-0.4, -0.2) is 23.6 Å². The number of aryl methyl sites for hydroxylation is 1. The standard InChI is InChI=1S/C10H16N2O.ClH/c1-7-4-9(12(3)6-7)10-5-8(2)11-13-10;/h5,7,9H,4,6H2,1-3H3;1H. The minimum Gasteiger partial charge on any atom is -0.359 e. The topological polar surface area (TPSA) is 29.3 Å². The van der Waals surface area contributed by atoms with Crippen LogP contribution in [-0.2, 0) is 0 Å². The summed E-state index contributed by atoms with van der Waals surface area (Å²) in [6, 6.07) is 2.48. The summed E-state index contributed by atoms with van der Waals surface area (Å²) in [7, 11) is 2.14. The minimum atomic E-state index is 0. The van der Waals surface area contributed by atoms with E-state index in [2.05, 4.69) is 24.0 Å². The van der Waals surface area contributed by atoms with Gasteiger partial charge in [-0.25, -0.2) is 0 Å². The quantitative estimate of drug-likeness (QED) is 0.722. The van der Waals surface area contributed by atoms with Crippen LogP contribution in [0.15, 0.2) is 10.6 Å². The number of nitrogens with zero attached hydrogens (tertiary/aromatic N) is 2. The van der Waals surface area contributed by atoms with Gasteiger partial charge < -0.3 is 4.52 Å². The van der Waals surface area contributed by atoms with Gasteiger partial charge in [0, 0.05) is 12.6 Å². The van der Waals surface area contributed by atoms with Crippen molar-refractivity contribution in [2.24, 2.45) is 5.92 Å². The van der Waals surface area contributed by atoms with Crippen molar-refractivity contribution in [3.63, 3.8) is 0 Å². The second-order valence-electron chi connectivity index (χ2n) is 4.17. The van der Waals surface area contributed by atoms with E-state index in [-0.39, 0.29) is 12.4 Å². The van der Waals surface area contributed by atoms with Gasteiger partial charge in [0.05, 0.1) is 11.7 Å². The van der Waals surface area contributed by atoms with E-state index in [1.54, 1.807) is 0 Å². The van der Waals surface area contributed by atoms with Gasteiger partial charge in [-0.15, -0.1) is 12.4 Å². The average molecular weight is 217 g/mol. The third-order valence-corrected chi connectivity index (χ3v) is 2.73. The SMILES string of the molecule is Cc1cc(C2CC(C)CN2C)on1.Cl. The van der Waals surface area contributed by atoms with E-state index in [1.807, 2.05) is 13.0 Å². The lowest BCUT2D eigenvalue weighted by Gasteiger charge is -2.15. The van der Waals surface area contributed by atoms with Crippen molar-refractivity contribution in [3.05, 3.63) is 17.5 Å². The summed E-state index contributed by atoms with van der Waals surface area (Å²) in [5.41, 5.74) is 0.975. The molecule has 1 aliphatic rings. The predicted octanol–water partition coefficient (Wildman–Crippen LogP) is 2.42. The molecular formula is C10H17ClN2O. The number of rotatable bonds is 1. The molecule has 0 N–H and O–H groups in total. The van der Waals surface area contributed by atoms with Gasteiger partial charge in [0.15, 0.2) is 5.76 Å². The molecule has 1 aromatic rings. The largest absolute Gasteiger partial charge is 0.359 e. The molecule has 80 valence electrons. The van der Waals surface area contributed by atoms with Crippen molar-refractivity contribution in [2.75, 3.05) is 13.6 Å².